The van der Waals surface area contributed by atoms with Crippen molar-refractivity contribution in [1.82, 2.24) is 10.2 Å². The van der Waals surface area contributed by atoms with Crippen LogP contribution in [0.15, 0.2) is 4.99 Å². The summed E-state index contributed by atoms with van der Waals surface area (Å²) in [4.78, 5) is 6.72. The van der Waals surface area contributed by atoms with Crippen molar-refractivity contribution in [2.75, 3.05) is 45.1 Å². The first kappa shape index (κ1) is 19.4. The van der Waals surface area contributed by atoms with Gasteiger partial charge in [-0.3, -0.25) is 4.99 Å². The van der Waals surface area contributed by atoms with Crippen molar-refractivity contribution in [1.29, 1.82) is 0 Å². The van der Waals surface area contributed by atoms with Gasteiger partial charge in [0.15, 0.2) is 5.96 Å². The summed E-state index contributed by atoms with van der Waals surface area (Å²) in [6.07, 6.45) is -3.77. The highest BCUT2D eigenvalue weighted by molar-refractivity contribution is 8.00. The zero-order chi connectivity index (χ0) is 16.6. The quantitative estimate of drug-likeness (QED) is 0.458. The maximum Gasteiger partial charge on any atom is 0.411 e. The molecule has 0 aromatic rings. The molecule has 1 rings (SSSR count). The first-order chi connectivity index (χ1) is 10.2. The molecule has 0 unspecified atom stereocenters. The van der Waals surface area contributed by atoms with Gasteiger partial charge in [0, 0.05) is 43.3 Å². The molecule has 0 saturated carbocycles. The molecule has 1 N–H and O–H groups in total. The second kappa shape index (κ2) is 8.86. The number of thioether (sulfide) groups is 1. The van der Waals surface area contributed by atoms with Gasteiger partial charge in [-0.05, 0) is 27.2 Å². The van der Waals surface area contributed by atoms with Crippen LogP contribution in [0, 0.1) is 0 Å². The van der Waals surface area contributed by atoms with E-state index in [2.05, 4.69) is 33.8 Å². The summed E-state index contributed by atoms with van der Waals surface area (Å²) in [5, 5.41) is 3.25. The maximum atomic E-state index is 11.9. The molecular weight excluding hydrogens is 315 g/mol. The zero-order valence-corrected chi connectivity index (χ0v) is 14.3. The van der Waals surface area contributed by atoms with Gasteiger partial charge in [0.05, 0.1) is 0 Å². The molecule has 0 aromatic heterocycles. The topological polar surface area (TPSA) is 36.9 Å². The van der Waals surface area contributed by atoms with Gasteiger partial charge in [0.25, 0.3) is 0 Å². The largest absolute Gasteiger partial charge is 0.411 e. The van der Waals surface area contributed by atoms with E-state index in [0.29, 0.717) is 13.0 Å². The van der Waals surface area contributed by atoms with E-state index in [0.717, 1.165) is 31.3 Å². The molecule has 8 heteroatoms. The Balaban J connectivity index is 2.39. The lowest BCUT2D eigenvalue weighted by molar-refractivity contribution is -0.173. The molecule has 0 radical (unpaired) electrons. The molecule has 130 valence electrons. The summed E-state index contributed by atoms with van der Waals surface area (Å²) < 4.78 is 40.6. The fourth-order valence-electron chi connectivity index (χ4n) is 2.16. The van der Waals surface area contributed by atoms with Crippen molar-refractivity contribution in [3.63, 3.8) is 0 Å². The molecule has 0 aromatic carbocycles. The second-order valence-electron chi connectivity index (χ2n) is 5.79. The highest BCUT2D eigenvalue weighted by atomic mass is 32.2. The number of nitrogens with zero attached hydrogens (tertiary/aromatic N) is 2. The molecule has 1 aliphatic rings. The lowest BCUT2D eigenvalue weighted by Crippen LogP contribution is -2.51. The average Bonchev–Trinajstić information content (AvgIpc) is 2.39. The first-order valence-corrected chi connectivity index (χ1v) is 8.54. The minimum Gasteiger partial charge on any atom is -0.372 e. The van der Waals surface area contributed by atoms with Gasteiger partial charge in [-0.25, -0.2) is 0 Å². The third-order valence-corrected chi connectivity index (χ3v) is 4.33. The maximum absolute atomic E-state index is 11.9. The summed E-state index contributed by atoms with van der Waals surface area (Å²) in [6, 6.07) is 0. The van der Waals surface area contributed by atoms with Gasteiger partial charge in [-0.15, -0.1) is 0 Å². The monoisotopic (exact) mass is 341 g/mol. The lowest BCUT2D eigenvalue weighted by Gasteiger charge is -2.39. The molecule has 0 bridgehead atoms. The molecule has 1 aliphatic heterocycles. The van der Waals surface area contributed by atoms with Gasteiger partial charge in [-0.1, -0.05) is 0 Å². The van der Waals surface area contributed by atoms with Gasteiger partial charge in [0.1, 0.15) is 6.61 Å². The van der Waals surface area contributed by atoms with Gasteiger partial charge in [0.2, 0.25) is 0 Å². The molecule has 1 fully saturated rings. The zero-order valence-electron chi connectivity index (χ0n) is 13.5. The van der Waals surface area contributed by atoms with E-state index in [4.69, 9.17) is 0 Å². The number of halogens is 3. The van der Waals surface area contributed by atoms with Crippen molar-refractivity contribution in [3.05, 3.63) is 0 Å². The Kier molecular flexibility index (Phi) is 7.82. The van der Waals surface area contributed by atoms with Crippen LogP contribution in [0.1, 0.15) is 27.2 Å². The Hall–Kier alpha value is -0.630. The molecule has 22 heavy (non-hydrogen) atoms. The summed E-state index contributed by atoms with van der Waals surface area (Å²) in [7, 11) is 0. The smallest absolute Gasteiger partial charge is 0.372 e. The van der Waals surface area contributed by atoms with Crippen molar-refractivity contribution in [3.8, 4) is 0 Å². The van der Waals surface area contributed by atoms with E-state index in [1.54, 1.807) is 0 Å². The first-order valence-electron chi connectivity index (χ1n) is 7.55. The van der Waals surface area contributed by atoms with Gasteiger partial charge >= 0.3 is 6.18 Å². The van der Waals surface area contributed by atoms with E-state index >= 15 is 0 Å². The van der Waals surface area contributed by atoms with Crippen LogP contribution in [0.5, 0.6) is 0 Å². The van der Waals surface area contributed by atoms with Crippen molar-refractivity contribution < 1.29 is 17.9 Å². The van der Waals surface area contributed by atoms with E-state index in [9.17, 15) is 13.2 Å². The predicted molar refractivity (Wildman–Crippen MR) is 85.6 cm³/mol. The normalized spacial score (nSPS) is 19.4. The minimum atomic E-state index is -4.25. The summed E-state index contributed by atoms with van der Waals surface area (Å²) >= 11 is 1.95. The van der Waals surface area contributed by atoms with E-state index in [-0.39, 0.29) is 11.4 Å². The number of nitrogens with one attached hydrogen (secondary N) is 1. The fraction of sp³-hybridized carbons (Fsp3) is 0.929. The number of alkyl halides is 3. The number of aliphatic imine (C=N–C) groups is 1. The van der Waals surface area contributed by atoms with Gasteiger partial charge in [-0.2, -0.15) is 24.9 Å². The van der Waals surface area contributed by atoms with Crippen LogP contribution in [0.25, 0.3) is 0 Å². The number of guanidine groups is 1. The molecule has 0 spiro atoms. The predicted octanol–water partition coefficient (Wildman–Crippen LogP) is 2.75. The van der Waals surface area contributed by atoms with E-state index in [1.165, 1.54) is 0 Å². The molecular formula is C14H26F3N3OS. The number of ether oxygens (including phenoxy) is 1. The minimum absolute atomic E-state index is 0.0732. The summed E-state index contributed by atoms with van der Waals surface area (Å²) in [5.41, 5.74) is 0. The highest BCUT2D eigenvalue weighted by Gasteiger charge is 2.29. The Labute approximate surface area is 134 Å². The number of rotatable bonds is 6. The summed E-state index contributed by atoms with van der Waals surface area (Å²) in [5.74, 6) is 1.89. The van der Waals surface area contributed by atoms with Crippen LogP contribution in [0.4, 0.5) is 13.2 Å². The summed E-state index contributed by atoms with van der Waals surface area (Å²) in [6.45, 7) is 8.39. The van der Waals surface area contributed by atoms with Gasteiger partial charge < -0.3 is 15.0 Å². The molecule has 1 saturated heterocycles. The average molecular weight is 341 g/mol. The Morgan fingerprint density at radius 3 is 2.73 bits per heavy atom. The fourth-order valence-corrected chi connectivity index (χ4v) is 3.27. The van der Waals surface area contributed by atoms with Crippen molar-refractivity contribution >= 4 is 17.7 Å². The van der Waals surface area contributed by atoms with Crippen molar-refractivity contribution in [2.24, 2.45) is 4.99 Å². The Morgan fingerprint density at radius 1 is 1.41 bits per heavy atom. The Bertz CT molecular complexity index is 362. The third kappa shape index (κ3) is 8.12. The molecule has 0 atom stereocenters. The van der Waals surface area contributed by atoms with E-state index < -0.39 is 12.8 Å². The number of hydrogen-bond donors (Lipinski definition) is 1. The molecule has 0 amide bonds. The SMILES string of the molecule is CCNC(=NCCCOCC(F)(F)F)N1CCSC(C)(C)C1. The molecule has 0 aliphatic carbocycles. The van der Waals surface area contributed by atoms with Crippen LogP contribution in [0.3, 0.4) is 0 Å². The highest BCUT2D eigenvalue weighted by Crippen LogP contribution is 2.29. The third-order valence-electron chi connectivity index (χ3n) is 3.03. The Morgan fingerprint density at radius 2 is 2.14 bits per heavy atom. The van der Waals surface area contributed by atoms with Crippen LogP contribution in [-0.2, 0) is 4.74 Å². The van der Waals surface area contributed by atoms with Crippen LogP contribution < -0.4 is 5.32 Å². The van der Waals surface area contributed by atoms with Crippen LogP contribution in [-0.4, -0.2) is 66.9 Å². The lowest BCUT2D eigenvalue weighted by atomic mass is 10.2. The van der Waals surface area contributed by atoms with Crippen LogP contribution >= 0.6 is 11.8 Å². The standard InChI is InChI=1S/C14H26F3N3OS/c1-4-18-12(20-7-9-22-13(2,3)10-20)19-6-5-8-21-11-14(15,16)17/h4-11H2,1-3H3,(H,18,19). The van der Waals surface area contributed by atoms with Crippen molar-refractivity contribution in [2.45, 2.75) is 38.1 Å². The number of hydrogen-bond acceptors (Lipinski definition) is 3. The second-order valence-corrected chi connectivity index (χ2v) is 7.59. The van der Waals surface area contributed by atoms with Crippen LogP contribution in [0.2, 0.25) is 0 Å². The molecule has 1 heterocycles. The molecule has 4 nitrogen and oxygen atoms in total. The van der Waals surface area contributed by atoms with E-state index in [1.807, 2.05) is 18.7 Å².